The van der Waals surface area contributed by atoms with Gasteiger partial charge in [0.25, 0.3) is 0 Å². The Morgan fingerprint density at radius 2 is 2.00 bits per heavy atom. The second kappa shape index (κ2) is 8.61. The molecule has 0 spiro atoms. The highest BCUT2D eigenvalue weighted by molar-refractivity contribution is 7.98. The zero-order valence-electron chi connectivity index (χ0n) is 17.5. The van der Waals surface area contributed by atoms with Crippen molar-refractivity contribution in [3.8, 4) is 0 Å². The zero-order valence-corrected chi connectivity index (χ0v) is 18.3. The first-order valence-corrected chi connectivity index (χ1v) is 10.8. The van der Waals surface area contributed by atoms with Crippen LogP contribution in [-0.2, 0) is 4.79 Å². The topological polar surface area (TPSA) is 92.1 Å². The molecule has 0 bridgehead atoms. The minimum absolute atomic E-state index is 0.150. The van der Waals surface area contributed by atoms with Crippen LogP contribution in [0.4, 0.5) is 0 Å². The summed E-state index contributed by atoms with van der Waals surface area (Å²) in [5, 5.41) is 11.7. The molecule has 0 saturated carbocycles. The van der Waals surface area contributed by atoms with Gasteiger partial charge in [-0.25, -0.2) is 4.40 Å². The molecule has 0 saturated heterocycles. The monoisotopic (exact) mass is 435 g/mol. The summed E-state index contributed by atoms with van der Waals surface area (Å²) in [6.45, 7) is 4.01. The number of rotatable bonds is 6. The normalized spacial score (nSPS) is 15.9. The van der Waals surface area contributed by atoms with Crippen LogP contribution in [0.5, 0.6) is 0 Å². The van der Waals surface area contributed by atoms with Gasteiger partial charge in [0, 0.05) is 46.3 Å². The van der Waals surface area contributed by atoms with Gasteiger partial charge in [-0.05, 0) is 43.7 Å². The third-order valence-corrected chi connectivity index (χ3v) is 6.00. The van der Waals surface area contributed by atoms with Crippen molar-refractivity contribution in [2.45, 2.75) is 30.3 Å². The van der Waals surface area contributed by atoms with Gasteiger partial charge >= 0.3 is 0 Å². The highest BCUT2D eigenvalue weighted by Crippen LogP contribution is 2.32. The van der Waals surface area contributed by atoms with Gasteiger partial charge in [-0.2, -0.15) is 0 Å². The van der Waals surface area contributed by atoms with Crippen LogP contribution in [0.2, 0.25) is 0 Å². The third-order valence-electron chi connectivity index (χ3n) is 5.32. The van der Waals surface area contributed by atoms with Crippen LogP contribution in [-0.4, -0.2) is 40.8 Å². The second-order valence-electron chi connectivity index (χ2n) is 8.19. The van der Waals surface area contributed by atoms with Crippen LogP contribution < -0.4 is 5.73 Å². The molecule has 2 heterocycles. The number of carbonyl (C=O) groups is 1. The summed E-state index contributed by atoms with van der Waals surface area (Å²) in [6.07, 6.45) is 3.38. The number of amides is 1. The fourth-order valence-corrected chi connectivity index (χ4v) is 4.39. The first-order valence-electron chi connectivity index (χ1n) is 10.0. The summed E-state index contributed by atoms with van der Waals surface area (Å²) in [4.78, 5) is 16.0. The molecular formula is C24H25N3O3S. The number of benzene rings is 2. The van der Waals surface area contributed by atoms with Crippen LogP contribution in [0.1, 0.15) is 25.3 Å². The number of carbonyl (C=O) groups excluding carboxylic acids is 1. The van der Waals surface area contributed by atoms with Crippen LogP contribution in [0.25, 0.3) is 11.0 Å². The summed E-state index contributed by atoms with van der Waals surface area (Å²) < 4.78 is 9.80. The maximum absolute atomic E-state index is 13.3. The molecule has 0 fully saturated rings. The molecular weight excluding hydrogens is 410 g/mol. The standard InChI is InChI=1S/C24H25N3O3S/c1-24(2,29)22(16-6-4-3-5-7-16)23(28)27-14-18(20(25)15-27)13-26-31-19-8-9-21-17(12-19)10-11-30-21/h3-13,22,29H,14-15,25H2,1-2H3. The van der Waals surface area contributed by atoms with Crippen LogP contribution in [0, 0.1) is 0 Å². The minimum Gasteiger partial charge on any atom is -0.464 e. The average Bonchev–Trinajstić information content (AvgIpc) is 3.34. The largest absolute Gasteiger partial charge is 0.464 e. The van der Waals surface area contributed by atoms with Crippen molar-refractivity contribution in [1.82, 2.24) is 4.90 Å². The van der Waals surface area contributed by atoms with Crippen molar-refractivity contribution in [3.05, 3.63) is 77.7 Å². The fraction of sp³-hybridized carbons (Fsp3) is 0.250. The average molecular weight is 436 g/mol. The Morgan fingerprint density at radius 1 is 1.23 bits per heavy atom. The molecule has 160 valence electrons. The molecule has 1 aromatic heterocycles. The number of fused-ring (bicyclic) bond motifs is 1. The Balaban J connectivity index is 1.44. The molecule has 31 heavy (non-hydrogen) atoms. The van der Waals surface area contributed by atoms with E-state index in [9.17, 15) is 9.90 Å². The van der Waals surface area contributed by atoms with Crippen LogP contribution >= 0.6 is 11.9 Å². The molecule has 0 aliphatic carbocycles. The molecule has 1 aliphatic heterocycles. The molecule has 0 radical (unpaired) electrons. The minimum atomic E-state index is -1.20. The SMILES string of the molecule is CC(C)(O)C(C(=O)N1CC(N)=C(C=NSc2ccc3occc3c2)C1)c1ccccc1. The van der Waals surface area contributed by atoms with Crippen molar-refractivity contribution in [2.24, 2.45) is 10.1 Å². The number of nitrogens with two attached hydrogens (primary N) is 1. The van der Waals surface area contributed by atoms with Crippen molar-refractivity contribution < 1.29 is 14.3 Å². The molecule has 6 nitrogen and oxygen atoms in total. The second-order valence-corrected chi connectivity index (χ2v) is 9.05. The van der Waals surface area contributed by atoms with E-state index in [0.29, 0.717) is 18.8 Å². The van der Waals surface area contributed by atoms with Crippen molar-refractivity contribution >= 4 is 35.0 Å². The Labute approximate surface area is 185 Å². The van der Waals surface area contributed by atoms with E-state index in [2.05, 4.69) is 4.40 Å². The maximum atomic E-state index is 13.3. The van der Waals surface area contributed by atoms with E-state index in [4.69, 9.17) is 10.2 Å². The number of hydrogen-bond donors (Lipinski definition) is 2. The zero-order chi connectivity index (χ0) is 22.0. The number of nitrogens with zero attached hydrogens (tertiary/aromatic N) is 2. The summed E-state index contributed by atoms with van der Waals surface area (Å²) in [7, 11) is 0. The van der Waals surface area contributed by atoms with Gasteiger partial charge in [-0.15, -0.1) is 0 Å². The number of furan rings is 1. The smallest absolute Gasteiger partial charge is 0.233 e. The first kappa shape index (κ1) is 21.2. The summed E-state index contributed by atoms with van der Waals surface area (Å²) in [6, 6.07) is 17.1. The molecule has 7 heteroatoms. The molecule has 3 N–H and O–H groups in total. The highest BCUT2D eigenvalue weighted by Gasteiger charge is 2.39. The lowest BCUT2D eigenvalue weighted by molar-refractivity contribution is -0.137. The molecule has 1 amide bonds. The third kappa shape index (κ3) is 4.68. The molecule has 1 atom stereocenters. The van der Waals surface area contributed by atoms with Crippen molar-refractivity contribution in [2.75, 3.05) is 13.1 Å². The van der Waals surface area contributed by atoms with Gasteiger partial charge in [0.2, 0.25) is 5.91 Å². The Hall–Kier alpha value is -3.03. The number of aliphatic hydroxyl groups is 1. The number of hydrogen-bond acceptors (Lipinski definition) is 6. The predicted octanol–water partition coefficient (Wildman–Crippen LogP) is 4.12. The summed E-state index contributed by atoms with van der Waals surface area (Å²) >= 11 is 1.34. The van der Waals surface area contributed by atoms with Gasteiger partial charge in [-0.3, -0.25) is 4.79 Å². The van der Waals surface area contributed by atoms with Gasteiger partial charge in [0.1, 0.15) is 5.58 Å². The molecule has 4 rings (SSSR count). The van der Waals surface area contributed by atoms with Gasteiger partial charge in [0.15, 0.2) is 0 Å². The first-order chi connectivity index (χ1) is 14.8. The van der Waals surface area contributed by atoms with E-state index < -0.39 is 11.5 Å². The van der Waals surface area contributed by atoms with Gasteiger partial charge in [-0.1, -0.05) is 30.3 Å². The maximum Gasteiger partial charge on any atom is 0.233 e. The van der Waals surface area contributed by atoms with E-state index in [1.807, 2.05) is 54.6 Å². The Morgan fingerprint density at radius 3 is 2.74 bits per heavy atom. The molecule has 1 aliphatic rings. The Kier molecular flexibility index (Phi) is 5.89. The Bertz CT molecular complexity index is 1150. The van der Waals surface area contributed by atoms with E-state index in [-0.39, 0.29) is 5.91 Å². The van der Waals surface area contributed by atoms with Gasteiger partial charge in [0.05, 0.1) is 24.3 Å². The van der Waals surface area contributed by atoms with E-state index in [1.165, 1.54) is 11.9 Å². The van der Waals surface area contributed by atoms with Crippen LogP contribution in [0.15, 0.2) is 85.8 Å². The lowest BCUT2D eigenvalue weighted by Crippen LogP contribution is -2.43. The van der Waals surface area contributed by atoms with Crippen molar-refractivity contribution in [3.63, 3.8) is 0 Å². The highest BCUT2D eigenvalue weighted by atomic mass is 32.2. The molecule has 3 aromatic rings. The van der Waals surface area contributed by atoms with E-state index >= 15 is 0 Å². The molecule has 2 aromatic carbocycles. The van der Waals surface area contributed by atoms with Crippen LogP contribution in [0.3, 0.4) is 0 Å². The fourth-order valence-electron chi connectivity index (χ4n) is 3.78. The van der Waals surface area contributed by atoms with E-state index in [0.717, 1.165) is 27.0 Å². The van der Waals surface area contributed by atoms with Gasteiger partial charge < -0.3 is 20.2 Å². The molecule has 1 unspecified atom stereocenters. The summed E-state index contributed by atoms with van der Waals surface area (Å²) in [5.41, 5.74) is 8.05. The predicted molar refractivity (Wildman–Crippen MR) is 124 cm³/mol. The lowest BCUT2D eigenvalue weighted by atomic mass is 9.83. The quantitative estimate of drug-likeness (QED) is 0.449. The van der Waals surface area contributed by atoms with Crippen molar-refractivity contribution in [1.29, 1.82) is 0 Å². The van der Waals surface area contributed by atoms with E-state index in [1.54, 1.807) is 31.2 Å². The lowest BCUT2D eigenvalue weighted by Gasteiger charge is -2.32. The summed E-state index contributed by atoms with van der Waals surface area (Å²) in [5.74, 6) is -0.822.